The minimum Gasteiger partial charge on any atom is -0.488 e. The van der Waals surface area contributed by atoms with Crippen molar-refractivity contribution in [1.82, 2.24) is 14.9 Å². The summed E-state index contributed by atoms with van der Waals surface area (Å²) in [6.45, 7) is -0.171. The number of para-hydroxylation sites is 1. The first-order chi connectivity index (χ1) is 13.3. The second kappa shape index (κ2) is 8.11. The molecule has 1 aromatic heterocycles. The summed E-state index contributed by atoms with van der Waals surface area (Å²) in [6, 6.07) is 10.7. The third kappa shape index (κ3) is 4.39. The maximum Gasteiger partial charge on any atom is 0.453 e. The molecule has 0 aliphatic carbocycles. The molecule has 0 fully saturated rings. The van der Waals surface area contributed by atoms with Gasteiger partial charge in [-0.1, -0.05) is 29.8 Å². The smallest absolute Gasteiger partial charge is 0.453 e. The fourth-order valence-electron chi connectivity index (χ4n) is 2.24. The number of hydrogen-bond acceptors (Lipinski definition) is 4. The molecular weight excluding hydrogens is 420 g/mol. The molecule has 0 aliphatic heterocycles. The summed E-state index contributed by atoms with van der Waals surface area (Å²) in [4.78, 5) is 0. The highest BCUT2D eigenvalue weighted by Crippen LogP contribution is 2.28. The van der Waals surface area contributed by atoms with Crippen molar-refractivity contribution in [3.05, 3.63) is 75.0 Å². The Morgan fingerprint density at radius 2 is 1.96 bits per heavy atom. The van der Waals surface area contributed by atoms with Gasteiger partial charge in [-0.2, -0.15) is 22.9 Å². The van der Waals surface area contributed by atoms with Gasteiger partial charge < -0.3 is 4.74 Å². The largest absolute Gasteiger partial charge is 0.488 e. The van der Waals surface area contributed by atoms with Gasteiger partial charge in [0.05, 0.1) is 11.2 Å². The first-order valence-corrected chi connectivity index (χ1v) is 8.49. The van der Waals surface area contributed by atoms with E-state index in [2.05, 4.69) is 15.3 Å². The van der Waals surface area contributed by atoms with E-state index in [1.54, 1.807) is 24.3 Å². The molecule has 0 saturated carbocycles. The molecule has 1 heterocycles. The van der Waals surface area contributed by atoms with Crippen molar-refractivity contribution in [1.29, 1.82) is 0 Å². The average Bonchev–Trinajstić information content (AvgIpc) is 3.01. The summed E-state index contributed by atoms with van der Waals surface area (Å²) in [5, 5.41) is 9.13. The van der Waals surface area contributed by atoms with Gasteiger partial charge in [0.1, 0.15) is 18.2 Å². The quantitative estimate of drug-likeness (QED) is 0.343. The van der Waals surface area contributed by atoms with Crippen LogP contribution in [0.15, 0.2) is 47.6 Å². The maximum absolute atomic E-state index is 13.9. The van der Waals surface area contributed by atoms with Gasteiger partial charge in [-0.3, -0.25) is 0 Å². The summed E-state index contributed by atoms with van der Waals surface area (Å²) in [5.74, 6) is -1.54. The Morgan fingerprint density at radius 3 is 2.68 bits per heavy atom. The third-order valence-electron chi connectivity index (χ3n) is 3.57. The minimum atomic E-state index is -4.73. The molecule has 0 spiro atoms. The molecule has 3 rings (SSSR count). The zero-order chi connectivity index (χ0) is 20.3. The van der Waals surface area contributed by atoms with Gasteiger partial charge in [-0.15, -0.1) is 5.10 Å². The van der Waals surface area contributed by atoms with Gasteiger partial charge in [0, 0.05) is 11.1 Å². The Morgan fingerprint density at radius 1 is 1.21 bits per heavy atom. The number of aromatic nitrogens is 3. The lowest BCUT2D eigenvalue weighted by Gasteiger charge is -2.11. The van der Waals surface area contributed by atoms with Crippen LogP contribution in [-0.4, -0.2) is 21.1 Å². The monoisotopic (exact) mass is 430 g/mol. The van der Waals surface area contributed by atoms with Gasteiger partial charge in [0.15, 0.2) is 0 Å². The van der Waals surface area contributed by atoms with Crippen LogP contribution in [-0.2, 0) is 12.8 Å². The summed E-state index contributed by atoms with van der Waals surface area (Å²) in [7, 11) is 0. The van der Waals surface area contributed by atoms with Crippen LogP contribution in [0, 0.1) is 10.6 Å². The molecule has 0 unspecified atom stereocenters. The Balaban J connectivity index is 1.87. The van der Waals surface area contributed by atoms with Gasteiger partial charge in [0.25, 0.3) is 5.82 Å². The molecule has 0 bridgehead atoms. The molecule has 1 N–H and O–H groups in total. The summed E-state index contributed by atoms with van der Waals surface area (Å²) >= 11 is 10.7. The number of nitrogens with one attached hydrogen (secondary N) is 1. The summed E-state index contributed by atoms with van der Waals surface area (Å²) in [5.41, 5.74) is 0.513. The van der Waals surface area contributed by atoms with Gasteiger partial charge in [-0.25, -0.2) is 9.49 Å². The number of ether oxygens (including phenoxy) is 1. The van der Waals surface area contributed by atoms with E-state index in [0.29, 0.717) is 10.2 Å². The zero-order valence-corrected chi connectivity index (χ0v) is 15.4. The Hall–Kier alpha value is -2.72. The number of halogens is 5. The highest BCUT2D eigenvalue weighted by molar-refractivity contribution is 7.71. The summed E-state index contributed by atoms with van der Waals surface area (Å²) < 4.78 is 58.5. The second-order valence-electron chi connectivity index (χ2n) is 5.43. The topological polar surface area (TPSA) is 55.2 Å². The molecule has 0 amide bonds. The highest BCUT2D eigenvalue weighted by Gasteiger charge is 2.37. The van der Waals surface area contributed by atoms with Crippen LogP contribution in [0.2, 0.25) is 5.02 Å². The predicted octanol–water partition coefficient (Wildman–Crippen LogP) is 5.21. The molecule has 0 aliphatic rings. The first-order valence-electron chi connectivity index (χ1n) is 7.71. The van der Waals surface area contributed by atoms with E-state index in [1.807, 2.05) is 0 Å². The number of nitrogens with zero attached hydrogens (tertiary/aromatic N) is 3. The molecule has 146 valence electrons. The lowest BCUT2D eigenvalue weighted by atomic mass is 10.2. The highest BCUT2D eigenvalue weighted by atomic mass is 35.5. The fourth-order valence-corrected chi connectivity index (χ4v) is 2.64. The van der Waals surface area contributed by atoms with E-state index in [1.165, 1.54) is 18.2 Å². The van der Waals surface area contributed by atoms with E-state index in [0.717, 1.165) is 6.21 Å². The average molecular weight is 431 g/mol. The summed E-state index contributed by atoms with van der Waals surface area (Å²) in [6.07, 6.45) is -3.60. The molecule has 0 atom stereocenters. The van der Waals surface area contributed by atoms with Gasteiger partial charge >= 0.3 is 6.18 Å². The SMILES string of the molecule is Fc1cccc(Cl)c1COc1ccccc1C=Nn1c(C(F)(F)F)n[nH]c1=S. The number of aromatic amines is 1. The molecule has 0 saturated heterocycles. The molecule has 28 heavy (non-hydrogen) atoms. The number of hydrogen-bond donors (Lipinski definition) is 1. The van der Waals surface area contributed by atoms with Crippen LogP contribution in [0.1, 0.15) is 17.0 Å². The van der Waals surface area contributed by atoms with Crippen molar-refractivity contribution in [3.63, 3.8) is 0 Å². The fraction of sp³-hybridized carbons (Fsp3) is 0.118. The lowest BCUT2D eigenvalue weighted by molar-refractivity contribution is -0.147. The number of benzene rings is 2. The van der Waals surface area contributed by atoms with Crippen molar-refractivity contribution < 1.29 is 22.3 Å². The van der Waals surface area contributed by atoms with Gasteiger partial charge in [0.2, 0.25) is 4.77 Å². The number of alkyl halides is 3. The third-order valence-corrected chi connectivity index (χ3v) is 4.19. The van der Waals surface area contributed by atoms with Crippen LogP contribution in [0.25, 0.3) is 0 Å². The molecular formula is C17H11ClF4N4OS. The van der Waals surface area contributed by atoms with E-state index < -0.39 is 17.8 Å². The second-order valence-corrected chi connectivity index (χ2v) is 6.23. The van der Waals surface area contributed by atoms with E-state index in [-0.39, 0.29) is 27.7 Å². The van der Waals surface area contributed by atoms with Crippen LogP contribution < -0.4 is 4.74 Å². The van der Waals surface area contributed by atoms with Gasteiger partial charge in [-0.05, 0) is 36.5 Å². The van der Waals surface area contributed by atoms with E-state index in [9.17, 15) is 17.6 Å². The first kappa shape index (κ1) is 20.0. The van der Waals surface area contributed by atoms with Crippen molar-refractivity contribution in [2.75, 3.05) is 0 Å². The molecule has 5 nitrogen and oxygen atoms in total. The van der Waals surface area contributed by atoms with Crippen LogP contribution in [0.5, 0.6) is 5.75 Å². The van der Waals surface area contributed by atoms with Crippen LogP contribution >= 0.6 is 23.8 Å². The van der Waals surface area contributed by atoms with Crippen LogP contribution in [0.3, 0.4) is 0 Å². The molecule has 3 aromatic rings. The van der Waals surface area contributed by atoms with Crippen molar-refractivity contribution in [2.24, 2.45) is 5.10 Å². The maximum atomic E-state index is 13.9. The predicted molar refractivity (Wildman–Crippen MR) is 97.6 cm³/mol. The van der Waals surface area contributed by atoms with Crippen molar-refractivity contribution in [2.45, 2.75) is 12.8 Å². The molecule has 2 aromatic carbocycles. The van der Waals surface area contributed by atoms with Crippen LogP contribution in [0.4, 0.5) is 17.6 Å². The molecule has 0 radical (unpaired) electrons. The number of rotatable bonds is 5. The Kier molecular flexibility index (Phi) is 5.80. The van der Waals surface area contributed by atoms with E-state index in [4.69, 9.17) is 28.6 Å². The zero-order valence-electron chi connectivity index (χ0n) is 13.9. The van der Waals surface area contributed by atoms with Crippen molar-refractivity contribution >= 4 is 30.0 Å². The standard InChI is InChI=1S/C17H11ClF4N4OS/c18-12-5-3-6-13(19)11(12)9-27-14-7-2-1-4-10(14)8-23-26-15(17(20,21)22)24-25-16(26)28/h1-8H,9H2,(H,25,28). The normalized spacial score (nSPS) is 11.9. The van der Waals surface area contributed by atoms with Crippen molar-refractivity contribution in [3.8, 4) is 5.75 Å². The number of H-pyrrole nitrogens is 1. The Labute approximate surface area is 166 Å². The minimum absolute atomic E-state index is 0.160. The Bertz CT molecular complexity index is 1060. The lowest BCUT2D eigenvalue weighted by Crippen LogP contribution is -2.13. The van der Waals surface area contributed by atoms with E-state index >= 15 is 0 Å². The molecule has 11 heteroatoms.